The van der Waals surface area contributed by atoms with E-state index in [1.165, 1.54) is 38.5 Å². The van der Waals surface area contributed by atoms with E-state index >= 15 is 0 Å². The van der Waals surface area contributed by atoms with Gasteiger partial charge in [-0.2, -0.15) is 0 Å². The minimum Gasteiger partial charge on any atom is -0.0654 e. The Labute approximate surface area is 139 Å². The van der Waals surface area contributed by atoms with Crippen molar-refractivity contribution >= 4 is 0 Å². The van der Waals surface area contributed by atoms with E-state index < -0.39 is 0 Å². The highest BCUT2D eigenvalue weighted by atomic mass is 14.3. The maximum Gasteiger partial charge on any atom is -0.0134 e. The summed E-state index contributed by atoms with van der Waals surface area (Å²) in [5.41, 5.74) is 3.30. The van der Waals surface area contributed by atoms with Crippen LogP contribution in [0, 0.1) is 11.8 Å². The van der Waals surface area contributed by atoms with Crippen LogP contribution in [-0.4, -0.2) is 0 Å². The first-order chi connectivity index (χ1) is 10.6. The molecule has 1 rings (SSSR count). The van der Waals surface area contributed by atoms with E-state index in [0.29, 0.717) is 0 Å². The maximum atomic E-state index is 2.44. The SMILES string of the molecule is CCCC(c1ccccc1C(CCC)C(C)CC)C(C)CC. The van der Waals surface area contributed by atoms with Gasteiger partial charge in [-0.3, -0.25) is 0 Å². The topological polar surface area (TPSA) is 0 Å². The van der Waals surface area contributed by atoms with Gasteiger partial charge in [-0.15, -0.1) is 0 Å². The van der Waals surface area contributed by atoms with Crippen LogP contribution in [0.25, 0.3) is 0 Å². The number of hydrogen-bond donors (Lipinski definition) is 0. The zero-order valence-electron chi connectivity index (χ0n) is 15.9. The molecular formula is C22H38. The van der Waals surface area contributed by atoms with Crippen LogP contribution in [0.15, 0.2) is 24.3 Å². The fourth-order valence-corrected chi connectivity index (χ4v) is 3.87. The molecule has 0 aliphatic carbocycles. The smallest absolute Gasteiger partial charge is 0.0134 e. The predicted molar refractivity (Wildman–Crippen MR) is 101 cm³/mol. The Balaban J connectivity index is 3.24. The van der Waals surface area contributed by atoms with Crippen LogP contribution in [0.4, 0.5) is 0 Å². The molecule has 0 bridgehead atoms. The molecule has 126 valence electrons. The Bertz CT molecular complexity index is 367. The first kappa shape index (κ1) is 19.3. The van der Waals surface area contributed by atoms with Gasteiger partial charge in [0.15, 0.2) is 0 Å². The third-order valence-electron chi connectivity index (χ3n) is 5.66. The van der Waals surface area contributed by atoms with Crippen LogP contribution in [0.2, 0.25) is 0 Å². The molecule has 4 unspecified atom stereocenters. The highest BCUT2D eigenvalue weighted by Crippen LogP contribution is 2.40. The second-order valence-corrected chi connectivity index (χ2v) is 7.19. The van der Waals surface area contributed by atoms with Gasteiger partial charge in [-0.05, 0) is 47.6 Å². The molecule has 0 fully saturated rings. The van der Waals surface area contributed by atoms with Crippen LogP contribution in [0.1, 0.15) is 103 Å². The predicted octanol–water partition coefficient (Wildman–Crippen LogP) is 7.55. The lowest BCUT2D eigenvalue weighted by Crippen LogP contribution is -2.16. The van der Waals surface area contributed by atoms with Gasteiger partial charge in [0.2, 0.25) is 0 Å². The third-order valence-corrected chi connectivity index (χ3v) is 5.66. The second-order valence-electron chi connectivity index (χ2n) is 7.19. The molecule has 0 aromatic heterocycles. The van der Waals surface area contributed by atoms with Gasteiger partial charge in [-0.25, -0.2) is 0 Å². The molecule has 0 nitrogen and oxygen atoms in total. The van der Waals surface area contributed by atoms with E-state index in [1.54, 1.807) is 11.1 Å². The summed E-state index contributed by atoms with van der Waals surface area (Å²) in [6.07, 6.45) is 7.77. The first-order valence-corrected chi connectivity index (χ1v) is 9.69. The maximum absolute atomic E-state index is 2.44. The molecule has 22 heavy (non-hydrogen) atoms. The summed E-state index contributed by atoms with van der Waals surface area (Å²) in [6.45, 7) is 14.2. The Morgan fingerprint density at radius 2 is 1.05 bits per heavy atom. The zero-order valence-corrected chi connectivity index (χ0v) is 15.9. The Morgan fingerprint density at radius 1 is 0.682 bits per heavy atom. The van der Waals surface area contributed by atoms with E-state index in [1.807, 2.05) is 0 Å². The van der Waals surface area contributed by atoms with Crippen molar-refractivity contribution in [2.45, 2.75) is 91.9 Å². The Kier molecular flexibility index (Phi) is 8.83. The van der Waals surface area contributed by atoms with Crippen molar-refractivity contribution < 1.29 is 0 Å². The molecule has 0 saturated heterocycles. The largest absolute Gasteiger partial charge is 0.0654 e. The second kappa shape index (κ2) is 10.1. The summed E-state index contributed by atoms with van der Waals surface area (Å²) >= 11 is 0. The molecule has 0 amide bonds. The lowest BCUT2D eigenvalue weighted by Gasteiger charge is -2.31. The van der Waals surface area contributed by atoms with E-state index in [9.17, 15) is 0 Å². The van der Waals surface area contributed by atoms with Crippen LogP contribution >= 0.6 is 0 Å². The summed E-state index contributed by atoms with van der Waals surface area (Å²) in [5, 5.41) is 0. The molecule has 0 radical (unpaired) electrons. The molecule has 4 atom stereocenters. The monoisotopic (exact) mass is 302 g/mol. The molecule has 0 saturated carbocycles. The molecule has 0 spiro atoms. The summed E-state index contributed by atoms with van der Waals surface area (Å²) in [5.74, 6) is 3.02. The fraction of sp³-hybridized carbons (Fsp3) is 0.727. The summed E-state index contributed by atoms with van der Waals surface area (Å²) in [6, 6.07) is 9.35. The zero-order chi connectivity index (χ0) is 16.5. The van der Waals surface area contributed by atoms with Crippen molar-refractivity contribution in [2.24, 2.45) is 11.8 Å². The molecular weight excluding hydrogens is 264 g/mol. The molecule has 1 aromatic carbocycles. The summed E-state index contributed by atoms with van der Waals surface area (Å²) in [7, 11) is 0. The van der Waals surface area contributed by atoms with Crippen LogP contribution < -0.4 is 0 Å². The standard InChI is InChI=1S/C22H38/c1-7-13-19(17(5)9-3)21-15-11-12-16-22(21)20(14-8-2)18(6)10-4/h11-12,15-20H,7-10,13-14H2,1-6H3. The Hall–Kier alpha value is -0.780. The van der Waals surface area contributed by atoms with Crippen molar-refractivity contribution in [3.8, 4) is 0 Å². The van der Waals surface area contributed by atoms with Gasteiger partial charge in [0, 0.05) is 0 Å². The van der Waals surface area contributed by atoms with Crippen molar-refractivity contribution in [3.63, 3.8) is 0 Å². The minimum absolute atomic E-state index is 0.731. The highest BCUT2D eigenvalue weighted by molar-refractivity contribution is 5.34. The van der Waals surface area contributed by atoms with Gasteiger partial charge >= 0.3 is 0 Å². The van der Waals surface area contributed by atoms with Gasteiger partial charge in [0.25, 0.3) is 0 Å². The first-order valence-electron chi connectivity index (χ1n) is 9.69. The third kappa shape index (κ3) is 4.86. The van der Waals surface area contributed by atoms with Crippen LogP contribution in [0.5, 0.6) is 0 Å². The van der Waals surface area contributed by atoms with Crippen molar-refractivity contribution in [1.29, 1.82) is 0 Å². The van der Waals surface area contributed by atoms with Crippen molar-refractivity contribution in [2.75, 3.05) is 0 Å². The van der Waals surface area contributed by atoms with Gasteiger partial charge in [0.1, 0.15) is 0 Å². The average Bonchev–Trinajstić information content (AvgIpc) is 2.56. The highest BCUT2D eigenvalue weighted by Gasteiger charge is 2.25. The average molecular weight is 303 g/mol. The molecule has 0 aliphatic rings. The molecule has 0 aliphatic heterocycles. The lowest BCUT2D eigenvalue weighted by atomic mass is 9.74. The van der Waals surface area contributed by atoms with E-state index in [-0.39, 0.29) is 0 Å². The van der Waals surface area contributed by atoms with Crippen molar-refractivity contribution in [3.05, 3.63) is 35.4 Å². The summed E-state index contributed by atoms with van der Waals surface area (Å²) in [4.78, 5) is 0. The normalized spacial score (nSPS) is 17.0. The molecule has 0 heterocycles. The van der Waals surface area contributed by atoms with Crippen LogP contribution in [0.3, 0.4) is 0 Å². The number of hydrogen-bond acceptors (Lipinski definition) is 0. The molecule has 1 aromatic rings. The lowest BCUT2D eigenvalue weighted by molar-refractivity contribution is 0.390. The van der Waals surface area contributed by atoms with Gasteiger partial charge < -0.3 is 0 Å². The van der Waals surface area contributed by atoms with Gasteiger partial charge in [-0.1, -0.05) is 91.5 Å². The number of benzene rings is 1. The minimum atomic E-state index is 0.731. The Morgan fingerprint density at radius 3 is 1.32 bits per heavy atom. The van der Waals surface area contributed by atoms with Gasteiger partial charge in [0.05, 0.1) is 0 Å². The molecule has 0 heteroatoms. The van der Waals surface area contributed by atoms with E-state index in [2.05, 4.69) is 65.8 Å². The number of rotatable bonds is 10. The summed E-state index contributed by atoms with van der Waals surface area (Å²) < 4.78 is 0. The van der Waals surface area contributed by atoms with Crippen molar-refractivity contribution in [1.82, 2.24) is 0 Å². The van der Waals surface area contributed by atoms with Crippen LogP contribution in [-0.2, 0) is 0 Å². The molecule has 0 N–H and O–H groups in total. The van der Waals surface area contributed by atoms with E-state index in [0.717, 1.165) is 23.7 Å². The fourth-order valence-electron chi connectivity index (χ4n) is 3.87. The quantitative estimate of drug-likeness (QED) is 0.418. The van der Waals surface area contributed by atoms with E-state index in [4.69, 9.17) is 0 Å².